The van der Waals surface area contributed by atoms with E-state index in [1.165, 1.54) is 0 Å². The van der Waals surface area contributed by atoms with Crippen molar-refractivity contribution in [1.29, 1.82) is 0 Å². The molecule has 2 atom stereocenters. The number of rotatable bonds is 2. The number of aromatic nitrogens is 1. The molecule has 1 aliphatic heterocycles. The predicted octanol–water partition coefficient (Wildman–Crippen LogP) is 1.89. The summed E-state index contributed by atoms with van der Waals surface area (Å²) < 4.78 is 0.732. The van der Waals surface area contributed by atoms with Gasteiger partial charge in [-0.2, -0.15) is 0 Å². The first-order valence-corrected chi connectivity index (χ1v) is 6.78. The first kappa shape index (κ1) is 16.2. The van der Waals surface area contributed by atoms with Crippen LogP contribution in [0.15, 0.2) is 21.5 Å². The number of aromatic amines is 1. The van der Waals surface area contributed by atoms with Crippen LogP contribution in [-0.2, 0) is 4.79 Å². The van der Waals surface area contributed by atoms with Crippen molar-refractivity contribution in [2.45, 2.75) is 25.8 Å². The van der Waals surface area contributed by atoms with E-state index >= 15 is 0 Å². The van der Waals surface area contributed by atoms with E-state index in [1.807, 2.05) is 0 Å². The van der Waals surface area contributed by atoms with Gasteiger partial charge in [0.2, 0.25) is 5.91 Å². The Balaban J connectivity index is 0.00000180. The van der Waals surface area contributed by atoms with Gasteiger partial charge in [0.15, 0.2) is 0 Å². The molecule has 2 heterocycles. The summed E-state index contributed by atoms with van der Waals surface area (Å²) in [5.74, 6) is -0.105. The highest BCUT2D eigenvalue weighted by molar-refractivity contribution is 9.10. The molecule has 0 aliphatic carbocycles. The lowest BCUT2D eigenvalue weighted by atomic mass is 9.92. The fourth-order valence-electron chi connectivity index (χ4n) is 2.16. The molecular weight excluding hydrogens is 334 g/mol. The summed E-state index contributed by atoms with van der Waals surface area (Å²) in [7, 11) is 0. The molecule has 1 saturated heterocycles. The number of amides is 1. The number of hydrogen-bond acceptors (Lipinski definition) is 3. The number of halogens is 2. The molecule has 1 amide bonds. The standard InChI is InChI=1S/C12H16BrN3O2.ClH/c1-7-4-8(2-3-14-7)11(17)16-10-5-9(13)6-15-12(10)18;/h5-8,14H,2-4H2,1H3,(H,15,18)(H,16,17);1H/t7-,8-;/m0./s1. The van der Waals surface area contributed by atoms with Gasteiger partial charge in [0.05, 0.1) is 0 Å². The van der Waals surface area contributed by atoms with Gasteiger partial charge in [0.25, 0.3) is 5.56 Å². The van der Waals surface area contributed by atoms with Crippen molar-refractivity contribution >= 4 is 39.9 Å². The Morgan fingerprint density at radius 3 is 2.95 bits per heavy atom. The molecule has 0 spiro atoms. The molecular formula is C12H17BrClN3O2. The van der Waals surface area contributed by atoms with Crippen molar-refractivity contribution in [3.63, 3.8) is 0 Å². The summed E-state index contributed by atoms with van der Waals surface area (Å²) in [5.41, 5.74) is 0.00842. The van der Waals surface area contributed by atoms with Gasteiger partial charge in [-0.15, -0.1) is 12.4 Å². The van der Waals surface area contributed by atoms with Crippen LogP contribution in [0.4, 0.5) is 5.69 Å². The van der Waals surface area contributed by atoms with Crippen LogP contribution in [0.2, 0.25) is 0 Å². The SMILES string of the molecule is C[C@H]1C[C@@H](C(=O)Nc2cc(Br)c[nH]c2=O)CCN1.Cl. The normalized spacial score (nSPS) is 22.4. The van der Waals surface area contributed by atoms with Gasteiger partial charge < -0.3 is 15.6 Å². The second-order valence-corrected chi connectivity index (χ2v) is 5.54. The molecule has 5 nitrogen and oxygen atoms in total. The van der Waals surface area contributed by atoms with Crippen molar-refractivity contribution in [1.82, 2.24) is 10.3 Å². The summed E-state index contributed by atoms with van der Waals surface area (Å²) in [5, 5.41) is 6.00. The molecule has 0 saturated carbocycles. The number of pyridine rings is 1. The third kappa shape index (κ3) is 4.33. The van der Waals surface area contributed by atoms with E-state index in [9.17, 15) is 9.59 Å². The lowest BCUT2D eigenvalue weighted by Gasteiger charge is -2.26. The Morgan fingerprint density at radius 2 is 2.26 bits per heavy atom. The minimum atomic E-state index is -0.284. The maximum atomic E-state index is 12.1. The fraction of sp³-hybridized carbons (Fsp3) is 0.500. The van der Waals surface area contributed by atoms with Crippen molar-refractivity contribution in [3.05, 3.63) is 27.1 Å². The summed E-state index contributed by atoms with van der Waals surface area (Å²) >= 11 is 3.26. The average molecular weight is 351 g/mol. The van der Waals surface area contributed by atoms with Crippen LogP contribution in [-0.4, -0.2) is 23.5 Å². The number of carbonyl (C=O) groups excluding carboxylic acids is 1. The first-order valence-electron chi connectivity index (χ1n) is 5.98. The third-order valence-corrected chi connectivity index (χ3v) is 3.58. The number of hydrogen-bond donors (Lipinski definition) is 3. The van der Waals surface area contributed by atoms with Gasteiger partial charge in [-0.3, -0.25) is 9.59 Å². The van der Waals surface area contributed by atoms with E-state index in [-0.39, 0.29) is 29.8 Å². The molecule has 7 heteroatoms. The number of anilines is 1. The summed E-state index contributed by atoms with van der Waals surface area (Å²) in [6, 6.07) is 1.96. The van der Waals surface area contributed by atoms with Crippen LogP contribution in [0.1, 0.15) is 19.8 Å². The lowest BCUT2D eigenvalue weighted by molar-refractivity contribution is -0.120. The Kier molecular flexibility index (Phi) is 6.03. The Labute approximate surface area is 126 Å². The van der Waals surface area contributed by atoms with Crippen molar-refractivity contribution in [2.24, 2.45) is 5.92 Å². The minimum Gasteiger partial charge on any atom is -0.326 e. The molecule has 19 heavy (non-hydrogen) atoms. The molecule has 0 aromatic carbocycles. The van der Waals surface area contributed by atoms with Gasteiger partial charge in [-0.05, 0) is 48.3 Å². The van der Waals surface area contributed by atoms with Crippen LogP contribution in [0.5, 0.6) is 0 Å². The monoisotopic (exact) mass is 349 g/mol. The molecule has 1 fully saturated rings. The quantitative estimate of drug-likeness (QED) is 0.762. The van der Waals surface area contributed by atoms with Crippen LogP contribution in [0.25, 0.3) is 0 Å². The van der Waals surface area contributed by atoms with Crippen LogP contribution in [0.3, 0.4) is 0 Å². The largest absolute Gasteiger partial charge is 0.326 e. The molecule has 0 radical (unpaired) electrons. The van der Waals surface area contributed by atoms with E-state index in [4.69, 9.17) is 0 Å². The van der Waals surface area contributed by atoms with E-state index in [0.717, 1.165) is 23.9 Å². The maximum absolute atomic E-state index is 12.1. The summed E-state index contributed by atoms with van der Waals surface area (Å²) in [6.45, 7) is 2.90. The van der Waals surface area contributed by atoms with Gasteiger partial charge in [0, 0.05) is 22.6 Å². The van der Waals surface area contributed by atoms with Crippen LogP contribution in [0, 0.1) is 5.92 Å². The molecule has 1 aliphatic rings. The zero-order chi connectivity index (χ0) is 13.1. The summed E-state index contributed by atoms with van der Waals surface area (Å²) in [6.07, 6.45) is 3.16. The van der Waals surface area contributed by atoms with E-state index in [0.29, 0.717) is 11.7 Å². The molecule has 2 rings (SSSR count). The number of nitrogens with one attached hydrogen (secondary N) is 3. The van der Waals surface area contributed by atoms with Gasteiger partial charge in [-0.25, -0.2) is 0 Å². The average Bonchev–Trinajstić information content (AvgIpc) is 2.34. The first-order chi connectivity index (χ1) is 8.56. The predicted molar refractivity (Wildman–Crippen MR) is 80.8 cm³/mol. The second-order valence-electron chi connectivity index (χ2n) is 4.63. The molecule has 0 unspecified atom stereocenters. The molecule has 1 aromatic rings. The highest BCUT2D eigenvalue weighted by atomic mass is 79.9. The minimum absolute atomic E-state index is 0. The molecule has 106 valence electrons. The van der Waals surface area contributed by atoms with E-state index in [2.05, 4.69) is 38.5 Å². The highest BCUT2D eigenvalue weighted by Gasteiger charge is 2.25. The Morgan fingerprint density at radius 1 is 1.53 bits per heavy atom. The van der Waals surface area contributed by atoms with Crippen molar-refractivity contribution < 1.29 is 4.79 Å². The smallest absolute Gasteiger partial charge is 0.271 e. The topological polar surface area (TPSA) is 74.0 Å². The molecule has 0 bridgehead atoms. The van der Waals surface area contributed by atoms with Crippen molar-refractivity contribution in [3.8, 4) is 0 Å². The van der Waals surface area contributed by atoms with E-state index in [1.54, 1.807) is 12.3 Å². The zero-order valence-electron chi connectivity index (χ0n) is 10.5. The number of carbonyl (C=O) groups is 1. The maximum Gasteiger partial charge on any atom is 0.271 e. The van der Waals surface area contributed by atoms with Crippen LogP contribution >= 0.6 is 28.3 Å². The second kappa shape index (κ2) is 7.07. The zero-order valence-corrected chi connectivity index (χ0v) is 12.9. The van der Waals surface area contributed by atoms with Gasteiger partial charge in [0.1, 0.15) is 5.69 Å². The lowest BCUT2D eigenvalue weighted by Crippen LogP contribution is -2.40. The fourth-order valence-corrected chi connectivity index (χ4v) is 2.50. The Hall–Kier alpha value is -0.850. The molecule has 3 N–H and O–H groups in total. The number of H-pyrrole nitrogens is 1. The van der Waals surface area contributed by atoms with Gasteiger partial charge in [-0.1, -0.05) is 0 Å². The van der Waals surface area contributed by atoms with Crippen LogP contribution < -0.4 is 16.2 Å². The van der Waals surface area contributed by atoms with Gasteiger partial charge >= 0.3 is 0 Å². The Bertz CT molecular complexity index is 506. The molecule has 1 aromatic heterocycles. The third-order valence-electron chi connectivity index (χ3n) is 3.12. The van der Waals surface area contributed by atoms with Crippen molar-refractivity contribution in [2.75, 3.05) is 11.9 Å². The summed E-state index contributed by atoms with van der Waals surface area (Å²) in [4.78, 5) is 26.2. The number of piperidine rings is 1. The highest BCUT2D eigenvalue weighted by Crippen LogP contribution is 2.18. The van der Waals surface area contributed by atoms with E-state index < -0.39 is 0 Å².